The number of carbonyl (C=O) groups excluding carboxylic acids is 1. The lowest BCUT2D eigenvalue weighted by Crippen LogP contribution is -2.07. The van der Waals surface area contributed by atoms with E-state index in [9.17, 15) is 4.79 Å². The lowest BCUT2D eigenvalue weighted by molar-refractivity contribution is -0.111. The molecule has 0 atom stereocenters. The van der Waals surface area contributed by atoms with Crippen LogP contribution in [-0.2, 0) is 11.8 Å². The molecule has 0 aliphatic rings. The van der Waals surface area contributed by atoms with E-state index in [1.54, 1.807) is 30.2 Å². The fourth-order valence-electron chi connectivity index (χ4n) is 2.31. The van der Waals surface area contributed by atoms with E-state index in [-0.39, 0.29) is 5.91 Å². The molecule has 2 N–H and O–H groups in total. The summed E-state index contributed by atoms with van der Waals surface area (Å²) in [7, 11) is 1.76. The average molecular weight is 342 g/mol. The first-order chi connectivity index (χ1) is 11.5. The molecule has 2 heterocycles. The summed E-state index contributed by atoms with van der Waals surface area (Å²) in [5, 5.41) is 7.50. The van der Waals surface area contributed by atoms with Gasteiger partial charge in [0, 0.05) is 42.3 Å². The highest BCUT2D eigenvalue weighted by molar-refractivity contribution is 6.31. The van der Waals surface area contributed by atoms with Crippen molar-refractivity contribution < 1.29 is 4.79 Å². The van der Waals surface area contributed by atoms with Crippen molar-refractivity contribution in [2.45, 2.75) is 6.92 Å². The van der Waals surface area contributed by atoms with Crippen LogP contribution in [0.25, 0.3) is 17.5 Å². The zero-order valence-corrected chi connectivity index (χ0v) is 14.0. The van der Waals surface area contributed by atoms with Crippen molar-refractivity contribution in [3.63, 3.8) is 0 Å². The number of halogens is 1. The van der Waals surface area contributed by atoms with E-state index in [1.807, 2.05) is 31.2 Å². The van der Waals surface area contributed by atoms with Crippen LogP contribution in [0.2, 0.25) is 5.15 Å². The van der Waals surface area contributed by atoms with Crippen molar-refractivity contribution in [2.24, 2.45) is 7.05 Å². The molecular weight excluding hydrogens is 326 g/mol. The number of benzene rings is 1. The van der Waals surface area contributed by atoms with E-state index in [2.05, 4.69) is 20.4 Å². The number of aryl methyl sites for hydroxylation is 2. The Kier molecular flexibility index (Phi) is 4.48. The fourth-order valence-corrected chi connectivity index (χ4v) is 2.55. The lowest BCUT2D eigenvalue weighted by Gasteiger charge is -2.03. The summed E-state index contributed by atoms with van der Waals surface area (Å²) < 4.78 is 1.57. The molecule has 122 valence electrons. The Morgan fingerprint density at radius 3 is 2.67 bits per heavy atom. The summed E-state index contributed by atoms with van der Waals surface area (Å²) in [5.74, 6) is 0.550. The molecule has 1 amide bonds. The van der Waals surface area contributed by atoms with Crippen LogP contribution in [-0.4, -0.2) is 25.7 Å². The van der Waals surface area contributed by atoms with Gasteiger partial charge in [-0.25, -0.2) is 4.98 Å². The molecule has 1 aromatic carbocycles. The molecule has 0 unspecified atom stereocenters. The normalized spacial score (nSPS) is 11.1. The Balaban J connectivity index is 1.67. The highest BCUT2D eigenvalue weighted by Gasteiger charge is 2.08. The highest BCUT2D eigenvalue weighted by Crippen LogP contribution is 2.20. The van der Waals surface area contributed by atoms with E-state index in [1.165, 1.54) is 6.08 Å². The molecule has 2 aromatic heterocycles. The van der Waals surface area contributed by atoms with E-state index in [4.69, 9.17) is 11.6 Å². The van der Waals surface area contributed by atoms with Crippen LogP contribution in [0.5, 0.6) is 0 Å². The Morgan fingerprint density at radius 1 is 1.33 bits per heavy atom. The van der Waals surface area contributed by atoms with Crippen LogP contribution in [0, 0.1) is 6.92 Å². The average Bonchev–Trinajstić information content (AvgIpc) is 3.17. The van der Waals surface area contributed by atoms with E-state index < -0.39 is 0 Å². The first kappa shape index (κ1) is 16.0. The molecular formula is C17H16ClN5O. The topological polar surface area (TPSA) is 75.6 Å². The number of amides is 1. The minimum atomic E-state index is -0.236. The largest absolute Gasteiger partial charge is 0.345 e. The zero-order valence-electron chi connectivity index (χ0n) is 13.2. The maximum absolute atomic E-state index is 12.0. The van der Waals surface area contributed by atoms with Crippen molar-refractivity contribution >= 4 is 29.3 Å². The summed E-state index contributed by atoms with van der Waals surface area (Å²) in [6.07, 6.45) is 6.57. The van der Waals surface area contributed by atoms with Gasteiger partial charge in [0.25, 0.3) is 0 Å². The quantitative estimate of drug-likeness (QED) is 0.714. The molecule has 0 bridgehead atoms. The van der Waals surface area contributed by atoms with Crippen molar-refractivity contribution in [3.8, 4) is 11.4 Å². The van der Waals surface area contributed by atoms with Gasteiger partial charge in [0.1, 0.15) is 11.0 Å². The Labute approximate surface area is 144 Å². The number of nitrogens with zero attached hydrogens (tertiary/aromatic N) is 3. The third kappa shape index (κ3) is 3.38. The SMILES string of the molecule is Cc1nn(C)c(Cl)c1C=CC(=O)Nc1ccc(-c2ncc[nH]2)cc1. The van der Waals surface area contributed by atoms with Gasteiger partial charge in [0.15, 0.2) is 0 Å². The number of hydrogen-bond donors (Lipinski definition) is 2. The number of nitrogens with one attached hydrogen (secondary N) is 2. The summed E-state index contributed by atoms with van der Waals surface area (Å²) in [6.45, 7) is 1.84. The molecule has 0 radical (unpaired) electrons. The van der Waals surface area contributed by atoms with Crippen LogP contribution in [0.15, 0.2) is 42.7 Å². The fraction of sp³-hybridized carbons (Fsp3) is 0.118. The zero-order chi connectivity index (χ0) is 17.1. The third-order valence-electron chi connectivity index (χ3n) is 3.52. The van der Waals surface area contributed by atoms with E-state index in [0.29, 0.717) is 10.8 Å². The van der Waals surface area contributed by atoms with Crippen molar-refractivity contribution in [3.05, 3.63) is 59.1 Å². The standard InChI is InChI=1S/C17H16ClN5O/c1-11-14(16(18)23(2)22-11)7-8-15(24)21-13-5-3-12(4-6-13)17-19-9-10-20-17/h3-10H,1-2H3,(H,19,20)(H,21,24). The maximum Gasteiger partial charge on any atom is 0.248 e. The number of H-pyrrole nitrogens is 1. The van der Waals surface area contributed by atoms with Crippen LogP contribution in [0.3, 0.4) is 0 Å². The summed E-state index contributed by atoms with van der Waals surface area (Å²) in [4.78, 5) is 19.3. The van der Waals surface area contributed by atoms with Crippen molar-refractivity contribution in [1.29, 1.82) is 0 Å². The van der Waals surface area contributed by atoms with Crippen molar-refractivity contribution in [2.75, 3.05) is 5.32 Å². The number of carbonyl (C=O) groups is 1. The van der Waals surface area contributed by atoms with E-state index in [0.717, 1.165) is 22.6 Å². The highest BCUT2D eigenvalue weighted by atomic mass is 35.5. The first-order valence-electron chi connectivity index (χ1n) is 7.32. The minimum absolute atomic E-state index is 0.236. The van der Waals surface area contributed by atoms with Gasteiger partial charge in [-0.1, -0.05) is 11.6 Å². The monoisotopic (exact) mass is 341 g/mol. The second-order valence-electron chi connectivity index (χ2n) is 5.25. The van der Waals surface area contributed by atoms with Crippen molar-refractivity contribution in [1.82, 2.24) is 19.7 Å². The molecule has 3 aromatic rings. The molecule has 24 heavy (non-hydrogen) atoms. The predicted molar refractivity (Wildman–Crippen MR) is 94.6 cm³/mol. The third-order valence-corrected chi connectivity index (χ3v) is 3.97. The molecule has 0 fully saturated rings. The Bertz CT molecular complexity index is 879. The smallest absolute Gasteiger partial charge is 0.248 e. The minimum Gasteiger partial charge on any atom is -0.345 e. The van der Waals surface area contributed by atoms with Gasteiger partial charge in [-0.15, -0.1) is 0 Å². The molecule has 6 nitrogen and oxygen atoms in total. The summed E-state index contributed by atoms with van der Waals surface area (Å²) >= 11 is 6.13. The number of imidazole rings is 1. The molecule has 7 heteroatoms. The van der Waals surface area contributed by atoms with Crippen LogP contribution in [0.1, 0.15) is 11.3 Å². The van der Waals surface area contributed by atoms with Crippen LogP contribution < -0.4 is 5.32 Å². The second kappa shape index (κ2) is 6.72. The summed E-state index contributed by atoms with van der Waals surface area (Å²) in [5.41, 5.74) is 3.16. The number of aromatic amines is 1. The molecule has 0 aliphatic heterocycles. The number of hydrogen-bond acceptors (Lipinski definition) is 3. The molecule has 0 aliphatic carbocycles. The van der Waals surface area contributed by atoms with Gasteiger partial charge in [-0.2, -0.15) is 5.10 Å². The Morgan fingerprint density at radius 2 is 2.08 bits per heavy atom. The van der Waals surface area contributed by atoms with E-state index >= 15 is 0 Å². The number of anilines is 1. The molecule has 0 spiro atoms. The van der Waals surface area contributed by atoms with Crippen LogP contribution >= 0.6 is 11.6 Å². The second-order valence-corrected chi connectivity index (χ2v) is 5.61. The van der Waals surface area contributed by atoms with Gasteiger partial charge in [-0.05, 0) is 37.3 Å². The van der Waals surface area contributed by atoms with Gasteiger partial charge < -0.3 is 10.3 Å². The number of rotatable bonds is 4. The van der Waals surface area contributed by atoms with Gasteiger partial charge in [-0.3, -0.25) is 9.48 Å². The van der Waals surface area contributed by atoms with Gasteiger partial charge >= 0.3 is 0 Å². The number of aromatic nitrogens is 4. The first-order valence-corrected chi connectivity index (χ1v) is 7.70. The molecule has 0 saturated heterocycles. The lowest BCUT2D eigenvalue weighted by atomic mass is 10.2. The summed E-state index contributed by atoms with van der Waals surface area (Å²) in [6, 6.07) is 7.43. The predicted octanol–water partition coefficient (Wildman–Crippen LogP) is 3.42. The molecule has 0 saturated carbocycles. The van der Waals surface area contributed by atoms with Gasteiger partial charge in [0.2, 0.25) is 5.91 Å². The van der Waals surface area contributed by atoms with Gasteiger partial charge in [0.05, 0.1) is 5.69 Å². The molecule has 3 rings (SSSR count). The Hall–Kier alpha value is -2.86. The maximum atomic E-state index is 12.0. The van der Waals surface area contributed by atoms with Crippen LogP contribution in [0.4, 0.5) is 5.69 Å².